The van der Waals surface area contributed by atoms with E-state index in [9.17, 15) is 4.79 Å². The minimum atomic E-state index is -0.399. The summed E-state index contributed by atoms with van der Waals surface area (Å²) in [6.45, 7) is 2.31. The fourth-order valence-corrected chi connectivity index (χ4v) is 4.59. The maximum atomic E-state index is 11.5. The molecule has 3 heteroatoms. The molecule has 0 aromatic heterocycles. The molecule has 0 radical (unpaired) electrons. The third-order valence-corrected chi connectivity index (χ3v) is 5.81. The van der Waals surface area contributed by atoms with Gasteiger partial charge in [-0.15, -0.1) is 0 Å². The topological polar surface area (TPSA) is 26.3 Å². The molecule has 2 nitrogen and oxygen atoms in total. The predicted octanol–water partition coefficient (Wildman–Crippen LogP) is 3.46. The minimum Gasteiger partial charge on any atom is -0.466 e. The van der Waals surface area contributed by atoms with E-state index in [-0.39, 0.29) is 5.97 Å². The third kappa shape index (κ3) is 4.99. The first kappa shape index (κ1) is 15.7. The van der Waals surface area contributed by atoms with E-state index in [1.165, 1.54) is 10.6 Å². The van der Waals surface area contributed by atoms with Gasteiger partial charge in [0, 0.05) is 6.42 Å². The van der Waals surface area contributed by atoms with Gasteiger partial charge in [-0.1, -0.05) is 60.7 Å². The molecule has 0 saturated carbocycles. The van der Waals surface area contributed by atoms with Crippen LogP contribution in [0.15, 0.2) is 60.7 Å². The molecule has 21 heavy (non-hydrogen) atoms. The van der Waals surface area contributed by atoms with E-state index >= 15 is 0 Å². The highest BCUT2D eigenvalue weighted by Gasteiger charge is 2.14. The van der Waals surface area contributed by atoms with Gasteiger partial charge in [0.1, 0.15) is 0 Å². The zero-order valence-corrected chi connectivity index (χ0v) is 13.3. The molecule has 2 aromatic rings. The Hall–Kier alpha value is -1.66. The highest BCUT2D eigenvalue weighted by atomic mass is 31.1. The van der Waals surface area contributed by atoms with E-state index in [2.05, 4.69) is 48.5 Å². The van der Waals surface area contributed by atoms with Gasteiger partial charge in [0.25, 0.3) is 0 Å². The van der Waals surface area contributed by atoms with Crippen molar-refractivity contribution in [1.82, 2.24) is 0 Å². The van der Waals surface area contributed by atoms with E-state index in [4.69, 9.17) is 4.74 Å². The number of esters is 1. The Balaban J connectivity index is 2.05. The van der Waals surface area contributed by atoms with Crippen LogP contribution in [0.4, 0.5) is 0 Å². The van der Waals surface area contributed by atoms with Crippen molar-refractivity contribution < 1.29 is 9.53 Å². The molecule has 2 rings (SSSR count). The molecule has 0 heterocycles. The Labute approximate surface area is 127 Å². The average Bonchev–Trinajstić information content (AvgIpc) is 2.53. The summed E-state index contributed by atoms with van der Waals surface area (Å²) in [6.07, 6.45) is 2.39. The second-order valence-electron chi connectivity index (χ2n) is 4.73. The highest BCUT2D eigenvalue weighted by molar-refractivity contribution is 7.73. The molecule has 0 amide bonds. The maximum Gasteiger partial charge on any atom is 0.305 e. The molecule has 0 aliphatic carbocycles. The summed E-state index contributed by atoms with van der Waals surface area (Å²) in [5.74, 6) is -0.0893. The highest BCUT2D eigenvalue weighted by Crippen LogP contribution is 2.34. The van der Waals surface area contributed by atoms with Crippen molar-refractivity contribution in [2.24, 2.45) is 0 Å². The number of hydrogen-bond acceptors (Lipinski definition) is 2. The van der Waals surface area contributed by atoms with E-state index < -0.39 is 7.92 Å². The van der Waals surface area contributed by atoms with Crippen LogP contribution >= 0.6 is 7.92 Å². The summed E-state index contributed by atoms with van der Waals surface area (Å²) in [7, 11) is -0.399. The quantitative estimate of drug-likeness (QED) is 0.578. The molecular weight excluding hydrogens is 279 g/mol. The van der Waals surface area contributed by atoms with Crippen molar-refractivity contribution in [3.05, 3.63) is 60.7 Å². The van der Waals surface area contributed by atoms with Gasteiger partial charge in [-0.2, -0.15) is 0 Å². The minimum absolute atomic E-state index is 0.0893. The van der Waals surface area contributed by atoms with E-state index in [0.717, 1.165) is 12.6 Å². The van der Waals surface area contributed by atoms with E-state index in [1.807, 2.05) is 19.1 Å². The Bertz CT molecular complexity index is 500. The Morgan fingerprint density at radius 3 is 1.95 bits per heavy atom. The van der Waals surface area contributed by atoms with E-state index in [1.54, 1.807) is 0 Å². The van der Waals surface area contributed by atoms with Gasteiger partial charge >= 0.3 is 5.97 Å². The normalized spacial score (nSPS) is 10.6. The van der Waals surface area contributed by atoms with Gasteiger partial charge in [-0.3, -0.25) is 4.79 Å². The smallest absolute Gasteiger partial charge is 0.305 e. The van der Waals surface area contributed by atoms with Crippen LogP contribution in [-0.4, -0.2) is 18.7 Å². The summed E-state index contributed by atoms with van der Waals surface area (Å²) < 4.78 is 5.00. The van der Waals surface area contributed by atoms with Gasteiger partial charge in [-0.25, -0.2) is 0 Å². The molecule has 0 N–H and O–H groups in total. The second kappa shape index (κ2) is 8.59. The predicted molar refractivity (Wildman–Crippen MR) is 89.8 cm³/mol. The number of carbonyl (C=O) groups is 1. The largest absolute Gasteiger partial charge is 0.466 e. The van der Waals surface area contributed by atoms with Gasteiger partial charge in [0.05, 0.1) is 6.61 Å². The second-order valence-corrected chi connectivity index (χ2v) is 7.07. The zero-order chi connectivity index (χ0) is 14.9. The van der Waals surface area contributed by atoms with Crippen LogP contribution < -0.4 is 10.6 Å². The monoisotopic (exact) mass is 300 g/mol. The lowest BCUT2D eigenvalue weighted by Crippen LogP contribution is -2.14. The van der Waals surface area contributed by atoms with Crippen molar-refractivity contribution in [1.29, 1.82) is 0 Å². The van der Waals surface area contributed by atoms with Gasteiger partial charge in [0.2, 0.25) is 0 Å². The lowest BCUT2D eigenvalue weighted by atomic mass is 10.3. The molecular formula is C18H21O2P. The SMILES string of the molecule is CCOC(=O)CCCP(c1ccccc1)c1ccccc1. The Morgan fingerprint density at radius 2 is 1.48 bits per heavy atom. The molecule has 0 atom stereocenters. The lowest BCUT2D eigenvalue weighted by molar-refractivity contribution is -0.143. The molecule has 0 bridgehead atoms. The molecule has 0 aliphatic rings. The van der Waals surface area contributed by atoms with Crippen LogP contribution in [0.5, 0.6) is 0 Å². The fourth-order valence-electron chi connectivity index (χ4n) is 2.24. The van der Waals surface area contributed by atoms with Gasteiger partial charge in [0.15, 0.2) is 0 Å². The van der Waals surface area contributed by atoms with Crippen molar-refractivity contribution in [2.75, 3.05) is 12.8 Å². The summed E-state index contributed by atoms with van der Waals surface area (Å²) >= 11 is 0. The zero-order valence-electron chi connectivity index (χ0n) is 12.4. The fraction of sp³-hybridized carbons (Fsp3) is 0.278. The molecule has 0 saturated heterocycles. The maximum absolute atomic E-state index is 11.5. The van der Waals surface area contributed by atoms with Crippen molar-refractivity contribution in [3.8, 4) is 0 Å². The van der Waals surface area contributed by atoms with E-state index in [0.29, 0.717) is 13.0 Å². The molecule has 0 unspecified atom stereocenters. The number of rotatable bonds is 7. The Morgan fingerprint density at radius 1 is 0.952 bits per heavy atom. The number of benzene rings is 2. The van der Waals surface area contributed by atoms with Crippen LogP contribution in [0, 0.1) is 0 Å². The summed E-state index contributed by atoms with van der Waals surface area (Å²) in [6, 6.07) is 21.1. The molecule has 110 valence electrons. The van der Waals surface area contributed by atoms with Crippen molar-refractivity contribution in [2.45, 2.75) is 19.8 Å². The van der Waals surface area contributed by atoms with Crippen LogP contribution in [0.1, 0.15) is 19.8 Å². The molecule has 0 aliphatic heterocycles. The third-order valence-electron chi connectivity index (χ3n) is 3.20. The molecule has 0 fully saturated rings. The Kier molecular flexibility index (Phi) is 6.43. The number of carbonyl (C=O) groups excluding carboxylic acids is 1. The van der Waals surface area contributed by atoms with Crippen LogP contribution in [0.2, 0.25) is 0 Å². The first-order valence-electron chi connectivity index (χ1n) is 7.34. The lowest BCUT2D eigenvalue weighted by Gasteiger charge is -2.18. The van der Waals surface area contributed by atoms with Crippen LogP contribution in [0.3, 0.4) is 0 Å². The standard InChI is InChI=1S/C18H21O2P/c1-2-20-18(19)14-9-15-21(16-10-5-3-6-11-16)17-12-7-4-8-13-17/h3-8,10-13H,2,9,14-15H2,1H3. The first-order valence-corrected chi connectivity index (χ1v) is 8.87. The summed E-state index contributed by atoms with van der Waals surface area (Å²) in [5, 5.41) is 2.73. The molecule has 0 spiro atoms. The summed E-state index contributed by atoms with van der Waals surface area (Å²) in [5.41, 5.74) is 0. The number of hydrogen-bond donors (Lipinski definition) is 0. The van der Waals surface area contributed by atoms with Crippen LogP contribution in [-0.2, 0) is 9.53 Å². The first-order chi connectivity index (χ1) is 10.3. The summed E-state index contributed by atoms with van der Waals surface area (Å²) in [4.78, 5) is 11.5. The molecule has 2 aromatic carbocycles. The average molecular weight is 300 g/mol. The van der Waals surface area contributed by atoms with Gasteiger partial charge < -0.3 is 4.74 Å². The van der Waals surface area contributed by atoms with Crippen molar-refractivity contribution in [3.63, 3.8) is 0 Å². The number of ether oxygens (including phenoxy) is 1. The van der Waals surface area contributed by atoms with Crippen molar-refractivity contribution >= 4 is 24.5 Å². The van der Waals surface area contributed by atoms with Gasteiger partial charge in [-0.05, 0) is 38.0 Å². The van der Waals surface area contributed by atoms with Crippen LogP contribution in [0.25, 0.3) is 0 Å².